The smallest absolute Gasteiger partial charge is 0.295 e. The van der Waals surface area contributed by atoms with Crippen molar-refractivity contribution in [1.29, 1.82) is 0 Å². The number of nitrogens with zero attached hydrogens (tertiary/aromatic N) is 2. The number of azo groups is 1. The van der Waals surface area contributed by atoms with Gasteiger partial charge in [-0.2, -0.15) is 16.8 Å². The molecular weight excluding hydrogens is 516 g/mol. The van der Waals surface area contributed by atoms with Gasteiger partial charge in [0.25, 0.3) is 20.2 Å². The largest absolute Gasteiger partial charge is 0.506 e. The van der Waals surface area contributed by atoms with Crippen LogP contribution in [0.4, 0.5) is 11.4 Å². The molecule has 0 aliphatic carbocycles. The Balaban J connectivity index is 2.19. The first-order chi connectivity index (χ1) is 15.6. The van der Waals surface area contributed by atoms with Crippen molar-refractivity contribution in [2.45, 2.75) is 14.7 Å². The predicted molar refractivity (Wildman–Crippen MR) is 117 cm³/mol. The number of aliphatic hydroxyl groups is 1. The highest BCUT2D eigenvalue weighted by molar-refractivity contribution is 7.91. The fourth-order valence-electron chi connectivity index (χ4n) is 2.93. The SMILES string of the molecule is O=S(=O)(O)c1cc(S(=O)(=O)O)c2c(O)c(/N=N/c3cc(S(=O)(=O)CCO)ccc3O)ccc2c1. The van der Waals surface area contributed by atoms with E-state index in [1.807, 2.05) is 0 Å². The molecule has 5 N–H and O–H groups in total. The summed E-state index contributed by atoms with van der Waals surface area (Å²) in [6, 6.07) is 6.56. The minimum atomic E-state index is -5.09. The van der Waals surface area contributed by atoms with Gasteiger partial charge in [0.2, 0.25) is 0 Å². The lowest BCUT2D eigenvalue weighted by Gasteiger charge is -2.10. The molecule has 0 radical (unpaired) electrons. The molecule has 0 bridgehead atoms. The topological polar surface area (TPSA) is 228 Å². The molecule has 0 heterocycles. The van der Waals surface area contributed by atoms with E-state index in [-0.39, 0.29) is 21.7 Å². The zero-order chi connectivity index (χ0) is 25.5. The predicted octanol–water partition coefficient (Wildman–Crippen LogP) is 1.93. The molecule has 0 aromatic heterocycles. The van der Waals surface area contributed by atoms with Crippen LogP contribution in [0, 0.1) is 0 Å². The summed E-state index contributed by atoms with van der Waals surface area (Å²) in [7, 11) is -13.8. The fraction of sp³-hybridized carbons (Fsp3) is 0.111. The van der Waals surface area contributed by atoms with Crippen LogP contribution in [-0.4, -0.2) is 62.0 Å². The molecular formula is C18H16N2O11S3. The third kappa shape index (κ3) is 5.16. The maximum atomic E-state index is 12.1. The molecule has 0 saturated heterocycles. The highest BCUT2D eigenvalue weighted by Crippen LogP contribution is 2.41. The molecule has 0 fully saturated rings. The summed E-state index contributed by atoms with van der Waals surface area (Å²) in [5, 5.41) is 36.0. The summed E-state index contributed by atoms with van der Waals surface area (Å²) in [6.45, 7) is -0.638. The number of aromatic hydroxyl groups is 2. The molecule has 0 spiro atoms. The van der Waals surface area contributed by atoms with Crippen LogP contribution in [0.1, 0.15) is 0 Å². The average molecular weight is 533 g/mol. The summed E-state index contributed by atoms with van der Waals surface area (Å²) >= 11 is 0. The van der Waals surface area contributed by atoms with Crippen molar-refractivity contribution in [2.75, 3.05) is 12.4 Å². The van der Waals surface area contributed by atoms with Crippen LogP contribution in [-0.2, 0) is 30.1 Å². The summed E-state index contributed by atoms with van der Waals surface area (Å²) in [5.74, 6) is -1.91. The number of hydrogen-bond donors (Lipinski definition) is 5. The number of hydrogen-bond acceptors (Lipinski definition) is 11. The monoisotopic (exact) mass is 532 g/mol. The van der Waals surface area contributed by atoms with Crippen molar-refractivity contribution >= 4 is 52.2 Å². The van der Waals surface area contributed by atoms with Gasteiger partial charge in [-0.25, -0.2) is 8.42 Å². The first-order valence-electron chi connectivity index (χ1n) is 8.98. The molecule has 0 saturated carbocycles. The number of aliphatic hydroxyl groups excluding tert-OH is 1. The quantitative estimate of drug-likeness (QED) is 0.218. The highest BCUT2D eigenvalue weighted by Gasteiger charge is 2.24. The van der Waals surface area contributed by atoms with Gasteiger partial charge in [0.1, 0.15) is 22.0 Å². The molecule has 13 nitrogen and oxygen atoms in total. The maximum Gasteiger partial charge on any atom is 0.295 e. The van der Waals surface area contributed by atoms with Crippen molar-refractivity contribution in [3.05, 3.63) is 42.5 Å². The standard InChI is InChI=1S/C18H16N2O11S3/c21-5-6-32(24,25)11-2-4-15(22)14(8-11)20-19-13-3-1-10-7-12(33(26,27)28)9-16(34(29,30)31)17(10)18(13)23/h1-4,7-9,21-23H,5-6H2,(H,26,27,28)(H,29,30,31)/b20-19+. The first-order valence-corrected chi connectivity index (χ1v) is 13.5. The normalized spacial score (nSPS) is 13.0. The number of benzene rings is 3. The summed E-state index contributed by atoms with van der Waals surface area (Å²) in [6.07, 6.45) is 0. The number of fused-ring (bicyclic) bond motifs is 1. The zero-order valence-electron chi connectivity index (χ0n) is 16.8. The van der Waals surface area contributed by atoms with Crippen LogP contribution in [0.5, 0.6) is 11.5 Å². The molecule has 0 atom stereocenters. The second kappa shape index (κ2) is 8.90. The maximum absolute atomic E-state index is 12.1. The van der Waals surface area contributed by atoms with Gasteiger partial charge in [0.05, 0.1) is 22.2 Å². The van der Waals surface area contributed by atoms with Crippen molar-refractivity contribution in [3.8, 4) is 11.5 Å². The summed E-state index contributed by atoms with van der Waals surface area (Å²) in [5.41, 5.74) is -0.727. The lowest BCUT2D eigenvalue weighted by Crippen LogP contribution is -2.09. The minimum absolute atomic E-state index is 0.195. The molecule has 3 aromatic carbocycles. The Morgan fingerprint density at radius 1 is 0.735 bits per heavy atom. The van der Waals surface area contributed by atoms with Crippen LogP contribution in [0.3, 0.4) is 0 Å². The van der Waals surface area contributed by atoms with Crippen LogP contribution in [0.15, 0.2) is 67.4 Å². The van der Waals surface area contributed by atoms with Crippen LogP contribution < -0.4 is 0 Å². The highest BCUT2D eigenvalue weighted by atomic mass is 32.2. The van der Waals surface area contributed by atoms with E-state index in [1.54, 1.807) is 0 Å². The second-order valence-corrected chi connectivity index (χ2v) is 11.7. The first kappa shape index (κ1) is 25.5. The molecule has 3 rings (SSSR count). The van der Waals surface area contributed by atoms with E-state index in [9.17, 15) is 44.6 Å². The third-order valence-corrected chi connectivity index (χ3v) is 7.92. The molecule has 3 aromatic rings. The number of phenols is 2. The average Bonchev–Trinajstić information content (AvgIpc) is 2.72. The minimum Gasteiger partial charge on any atom is -0.506 e. The van der Waals surface area contributed by atoms with E-state index in [0.29, 0.717) is 6.07 Å². The molecule has 182 valence electrons. The van der Waals surface area contributed by atoms with Gasteiger partial charge in [-0.3, -0.25) is 9.11 Å². The van der Waals surface area contributed by atoms with Gasteiger partial charge >= 0.3 is 0 Å². The molecule has 34 heavy (non-hydrogen) atoms. The number of sulfone groups is 1. The number of rotatable bonds is 7. The van der Waals surface area contributed by atoms with Crippen molar-refractivity contribution in [2.24, 2.45) is 10.2 Å². The van der Waals surface area contributed by atoms with Gasteiger partial charge in [-0.15, -0.1) is 10.2 Å². The zero-order valence-corrected chi connectivity index (χ0v) is 19.2. The van der Waals surface area contributed by atoms with Gasteiger partial charge in [-0.1, -0.05) is 6.07 Å². The Morgan fingerprint density at radius 2 is 1.38 bits per heavy atom. The Morgan fingerprint density at radius 3 is 1.97 bits per heavy atom. The lowest BCUT2D eigenvalue weighted by atomic mass is 10.1. The Kier molecular flexibility index (Phi) is 6.66. The van der Waals surface area contributed by atoms with E-state index in [1.165, 1.54) is 0 Å². The second-order valence-electron chi connectivity index (χ2n) is 6.80. The van der Waals surface area contributed by atoms with Crippen molar-refractivity contribution < 1.29 is 49.7 Å². The summed E-state index contributed by atoms with van der Waals surface area (Å²) in [4.78, 5) is -2.17. The molecule has 0 unspecified atom stereocenters. The Labute approximate surface area is 193 Å². The Bertz CT molecular complexity index is 1650. The Hall–Kier alpha value is -3.15. The fourth-order valence-corrected chi connectivity index (χ4v) is 5.34. The summed E-state index contributed by atoms with van der Waals surface area (Å²) < 4.78 is 89.4. The van der Waals surface area contributed by atoms with Crippen LogP contribution in [0.25, 0.3) is 10.8 Å². The van der Waals surface area contributed by atoms with Gasteiger partial charge in [0, 0.05) is 5.39 Å². The van der Waals surface area contributed by atoms with Gasteiger partial charge in [0.15, 0.2) is 15.6 Å². The van der Waals surface area contributed by atoms with Crippen LogP contribution in [0.2, 0.25) is 0 Å². The van der Waals surface area contributed by atoms with Crippen LogP contribution >= 0.6 is 0 Å². The van der Waals surface area contributed by atoms with E-state index in [4.69, 9.17) is 5.11 Å². The van der Waals surface area contributed by atoms with Gasteiger partial charge in [-0.05, 0) is 41.8 Å². The van der Waals surface area contributed by atoms with E-state index in [0.717, 1.165) is 36.4 Å². The third-order valence-electron chi connectivity index (χ3n) is 4.51. The van der Waals surface area contributed by atoms with E-state index in [2.05, 4.69) is 10.2 Å². The molecule has 0 aliphatic heterocycles. The van der Waals surface area contributed by atoms with Crippen molar-refractivity contribution in [1.82, 2.24) is 0 Å². The van der Waals surface area contributed by atoms with E-state index >= 15 is 0 Å². The number of phenolic OH excluding ortho intramolecular Hbond substituents is 2. The lowest BCUT2D eigenvalue weighted by molar-refractivity contribution is 0.319. The van der Waals surface area contributed by atoms with E-state index < -0.39 is 69.1 Å². The molecule has 0 amide bonds. The molecule has 0 aliphatic rings. The van der Waals surface area contributed by atoms with Gasteiger partial charge < -0.3 is 15.3 Å². The molecule has 16 heteroatoms. The van der Waals surface area contributed by atoms with Crippen molar-refractivity contribution in [3.63, 3.8) is 0 Å².